The van der Waals surface area contributed by atoms with E-state index in [0.29, 0.717) is 23.0 Å². The number of terminal acetylenes is 1. The molecule has 0 aliphatic carbocycles. The number of halogens is 1. The van der Waals surface area contributed by atoms with Crippen molar-refractivity contribution < 1.29 is 14.3 Å². The second-order valence-corrected chi connectivity index (χ2v) is 7.37. The van der Waals surface area contributed by atoms with Gasteiger partial charge < -0.3 is 9.47 Å². The highest BCUT2D eigenvalue weighted by Crippen LogP contribution is 2.27. The van der Waals surface area contributed by atoms with Gasteiger partial charge in [0.1, 0.15) is 18.1 Å². The van der Waals surface area contributed by atoms with E-state index < -0.39 is 0 Å². The van der Waals surface area contributed by atoms with Crippen molar-refractivity contribution in [1.82, 2.24) is 5.43 Å². The summed E-state index contributed by atoms with van der Waals surface area (Å²) in [7, 11) is 0. The van der Waals surface area contributed by atoms with E-state index in [2.05, 4.69) is 46.2 Å². The van der Waals surface area contributed by atoms with E-state index in [1.54, 1.807) is 6.07 Å². The Bertz CT molecular complexity index is 901. The minimum atomic E-state index is -0.353. The molecule has 0 atom stereocenters. The zero-order chi connectivity index (χ0) is 20.5. The van der Waals surface area contributed by atoms with E-state index in [-0.39, 0.29) is 19.1 Å². The molecule has 1 N–H and O–H groups in total. The molecule has 0 radical (unpaired) electrons. The van der Waals surface area contributed by atoms with Crippen LogP contribution >= 0.6 is 15.9 Å². The molecule has 0 spiro atoms. The second-order valence-electron chi connectivity index (χ2n) is 6.45. The van der Waals surface area contributed by atoms with Gasteiger partial charge in [-0.1, -0.05) is 47.8 Å². The van der Waals surface area contributed by atoms with Crippen molar-refractivity contribution in [3.05, 3.63) is 57.6 Å². The third-order valence-electron chi connectivity index (χ3n) is 3.83. The fourth-order valence-corrected chi connectivity index (χ4v) is 2.84. The van der Waals surface area contributed by atoms with Crippen LogP contribution in [-0.2, 0) is 4.79 Å². The summed E-state index contributed by atoms with van der Waals surface area (Å²) in [6.07, 6.45) is 6.73. The molecule has 0 saturated carbocycles. The third kappa shape index (κ3) is 6.43. The van der Waals surface area contributed by atoms with E-state index in [4.69, 9.17) is 15.9 Å². The molecule has 0 heterocycles. The van der Waals surface area contributed by atoms with Gasteiger partial charge in [-0.15, -0.1) is 6.42 Å². The summed E-state index contributed by atoms with van der Waals surface area (Å²) in [5, 5.41) is 3.98. The topological polar surface area (TPSA) is 59.9 Å². The van der Waals surface area contributed by atoms with Gasteiger partial charge in [-0.05, 0) is 48.2 Å². The Morgan fingerprint density at radius 1 is 1.25 bits per heavy atom. The molecule has 0 bridgehead atoms. The second kappa shape index (κ2) is 10.5. The maximum Gasteiger partial charge on any atom is 0.277 e. The van der Waals surface area contributed by atoms with Gasteiger partial charge in [0.05, 0.1) is 6.21 Å². The summed E-state index contributed by atoms with van der Waals surface area (Å²) in [6, 6.07) is 11.4. The maximum atomic E-state index is 12.1. The first kappa shape index (κ1) is 21.5. The van der Waals surface area contributed by atoms with Crippen molar-refractivity contribution in [2.45, 2.75) is 26.7 Å². The molecule has 0 unspecified atom stereocenters. The van der Waals surface area contributed by atoms with Gasteiger partial charge in [-0.25, -0.2) is 5.43 Å². The Morgan fingerprint density at radius 3 is 2.75 bits per heavy atom. The molecule has 2 aromatic rings. The average molecular weight is 443 g/mol. The summed E-state index contributed by atoms with van der Waals surface area (Å²) < 4.78 is 12.0. The van der Waals surface area contributed by atoms with Crippen LogP contribution in [0.4, 0.5) is 0 Å². The first-order valence-electron chi connectivity index (χ1n) is 8.81. The van der Waals surface area contributed by atoms with Crippen LogP contribution in [0.5, 0.6) is 11.5 Å². The molecule has 0 aliphatic heterocycles. The fraction of sp³-hybridized carbons (Fsp3) is 0.273. The predicted octanol–water partition coefficient (Wildman–Crippen LogP) is 4.42. The molecular formula is C22H23BrN2O3. The number of ether oxygens (including phenoxy) is 2. The van der Waals surface area contributed by atoms with Crippen molar-refractivity contribution in [1.29, 1.82) is 0 Å². The van der Waals surface area contributed by atoms with Crippen LogP contribution in [0.3, 0.4) is 0 Å². The molecule has 0 aliphatic rings. The fourth-order valence-electron chi connectivity index (χ4n) is 2.46. The highest BCUT2D eigenvalue weighted by atomic mass is 79.9. The number of aryl methyl sites for hydroxylation is 1. The van der Waals surface area contributed by atoms with Crippen LogP contribution in [0.1, 0.15) is 36.5 Å². The molecule has 28 heavy (non-hydrogen) atoms. The number of carbonyl (C=O) groups excluding carboxylic acids is 1. The zero-order valence-electron chi connectivity index (χ0n) is 16.2. The van der Waals surface area contributed by atoms with Crippen molar-refractivity contribution in [3.8, 4) is 23.8 Å². The number of benzene rings is 2. The van der Waals surface area contributed by atoms with Gasteiger partial charge in [0, 0.05) is 10.0 Å². The molecule has 5 nitrogen and oxygen atoms in total. The molecular weight excluding hydrogens is 420 g/mol. The number of nitrogens with zero attached hydrogens (tertiary/aromatic N) is 1. The van der Waals surface area contributed by atoms with Crippen LogP contribution in [0.15, 0.2) is 46.0 Å². The highest BCUT2D eigenvalue weighted by Gasteiger charge is 2.10. The van der Waals surface area contributed by atoms with Gasteiger partial charge in [-0.2, -0.15) is 5.10 Å². The summed E-state index contributed by atoms with van der Waals surface area (Å²) in [6.45, 7) is 6.18. The third-order valence-corrected chi connectivity index (χ3v) is 4.32. The molecule has 2 rings (SSSR count). The summed E-state index contributed by atoms with van der Waals surface area (Å²) in [4.78, 5) is 12.1. The highest BCUT2D eigenvalue weighted by molar-refractivity contribution is 9.10. The Kier molecular flexibility index (Phi) is 8.09. The number of hydrazone groups is 1. The summed E-state index contributed by atoms with van der Waals surface area (Å²) >= 11 is 3.40. The van der Waals surface area contributed by atoms with E-state index in [1.807, 2.05) is 37.3 Å². The van der Waals surface area contributed by atoms with Crippen LogP contribution in [0, 0.1) is 19.3 Å². The lowest BCUT2D eigenvalue weighted by Gasteiger charge is -2.14. The van der Waals surface area contributed by atoms with Crippen molar-refractivity contribution in [3.63, 3.8) is 0 Å². The number of hydrogen-bond donors (Lipinski definition) is 1. The minimum absolute atomic E-state index is 0.126. The standard InChI is InChI=1S/C22H23BrN2O3/c1-5-10-27-20-9-7-18(23)12-17(20)13-24-25-22(26)14-28-21-11-16(4)6-8-19(21)15(2)3/h1,6-9,11-13,15H,10,14H2,2-4H3,(H,25,26). The Labute approximate surface area is 174 Å². The summed E-state index contributed by atoms with van der Waals surface area (Å²) in [5.41, 5.74) is 5.29. The van der Waals surface area contributed by atoms with Gasteiger partial charge >= 0.3 is 0 Å². The maximum absolute atomic E-state index is 12.1. The summed E-state index contributed by atoms with van der Waals surface area (Å²) in [5.74, 6) is 3.66. The first-order chi connectivity index (χ1) is 13.4. The Balaban J connectivity index is 1.97. The van der Waals surface area contributed by atoms with Gasteiger partial charge in [-0.3, -0.25) is 4.79 Å². The number of carbonyl (C=O) groups is 1. The van der Waals surface area contributed by atoms with E-state index in [1.165, 1.54) is 6.21 Å². The molecule has 146 valence electrons. The van der Waals surface area contributed by atoms with Crippen LogP contribution < -0.4 is 14.9 Å². The van der Waals surface area contributed by atoms with Crippen molar-refractivity contribution in [2.24, 2.45) is 5.10 Å². The van der Waals surface area contributed by atoms with E-state index in [0.717, 1.165) is 15.6 Å². The van der Waals surface area contributed by atoms with Gasteiger partial charge in [0.15, 0.2) is 6.61 Å². The number of nitrogens with one attached hydrogen (secondary N) is 1. The molecule has 0 fully saturated rings. The lowest BCUT2D eigenvalue weighted by Crippen LogP contribution is -2.25. The molecule has 0 saturated heterocycles. The number of hydrogen-bond acceptors (Lipinski definition) is 4. The lowest BCUT2D eigenvalue weighted by atomic mass is 10.0. The van der Waals surface area contributed by atoms with Crippen LogP contribution in [0.2, 0.25) is 0 Å². The SMILES string of the molecule is C#CCOc1ccc(Br)cc1C=NNC(=O)COc1cc(C)ccc1C(C)C. The van der Waals surface area contributed by atoms with E-state index >= 15 is 0 Å². The lowest BCUT2D eigenvalue weighted by molar-refractivity contribution is -0.123. The smallest absolute Gasteiger partial charge is 0.277 e. The van der Waals surface area contributed by atoms with Crippen LogP contribution in [0.25, 0.3) is 0 Å². The Morgan fingerprint density at radius 2 is 2.04 bits per heavy atom. The normalized spacial score (nSPS) is 10.7. The monoisotopic (exact) mass is 442 g/mol. The molecule has 6 heteroatoms. The largest absolute Gasteiger partial charge is 0.483 e. The molecule has 0 aromatic heterocycles. The van der Waals surface area contributed by atoms with Crippen LogP contribution in [-0.4, -0.2) is 25.3 Å². The van der Waals surface area contributed by atoms with Crippen molar-refractivity contribution >= 4 is 28.1 Å². The van der Waals surface area contributed by atoms with E-state index in [9.17, 15) is 4.79 Å². The molecule has 2 aromatic carbocycles. The predicted molar refractivity (Wildman–Crippen MR) is 115 cm³/mol. The van der Waals surface area contributed by atoms with Gasteiger partial charge in [0.2, 0.25) is 0 Å². The quantitative estimate of drug-likeness (QED) is 0.373. The number of rotatable bonds is 8. The first-order valence-corrected chi connectivity index (χ1v) is 9.61. The minimum Gasteiger partial charge on any atom is -0.483 e. The number of amides is 1. The zero-order valence-corrected chi connectivity index (χ0v) is 17.7. The average Bonchev–Trinajstić information content (AvgIpc) is 2.65. The van der Waals surface area contributed by atoms with Crippen molar-refractivity contribution in [2.75, 3.05) is 13.2 Å². The molecule has 1 amide bonds. The Hall–Kier alpha value is -2.78. The van der Waals surface area contributed by atoms with Gasteiger partial charge in [0.25, 0.3) is 5.91 Å².